The van der Waals surface area contributed by atoms with E-state index in [1.807, 2.05) is 24.3 Å². The molecule has 0 aliphatic heterocycles. The lowest BCUT2D eigenvalue weighted by atomic mass is 10.1. The Morgan fingerprint density at radius 1 is 1.19 bits per heavy atom. The number of hydrogen-bond donors (Lipinski definition) is 1. The molecule has 2 aromatic carbocycles. The molecule has 0 saturated carbocycles. The Morgan fingerprint density at radius 2 is 1.90 bits per heavy atom. The number of hydrogen-bond acceptors (Lipinski definition) is 2. The average Bonchev–Trinajstić information content (AvgIpc) is 2.48. The van der Waals surface area contributed by atoms with E-state index in [0.717, 1.165) is 18.6 Å². The van der Waals surface area contributed by atoms with Crippen molar-refractivity contribution in [1.29, 1.82) is 0 Å². The van der Waals surface area contributed by atoms with Crippen LogP contribution in [0.3, 0.4) is 0 Å². The highest BCUT2D eigenvalue weighted by Gasteiger charge is 2.10. The third-order valence-corrected chi connectivity index (χ3v) is 3.42. The first-order valence-electron chi connectivity index (χ1n) is 6.90. The summed E-state index contributed by atoms with van der Waals surface area (Å²) in [5.41, 5.74) is 7.45. The molecule has 0 amide bonds. The summed E-state index contributed by atoms with van der Waals surface area (Å²) >= 11 is 4.82. The van der Waals surface area contributed by atoms with Crippen LogP contribution in [-0.2, 0) is 13.0 Å². The molecule has 0 spiro atoms. The second-order valence-electron chi connectivity index (χ2n) is 4.83. The van der Waals surface area contributed by atoms with Crippen LogP contribution in [0.2, 0.25) is 0 Å². The van der Waals surface area contributed by atoms with Crippen molar-refractivity contribution in [3.05, 3.63) is 65.0 Å². The van der Waals surface area contributed by atoms with Crippen LogP contribution >= 0.6 is 12.2 Å². The molecule has 0 aromatic heterocycles. The molecule has 2 rings (SSSR count). The molecule has 4 heteroatoms. The van der Waals surface area contributed by atoms with Gasteiger partial charge in [-0.25, -0.2) is 4.39 Å². The Bertz CT molecular complexity index is 625. The zero-order valence-corrected chi connectivity index (χ0v) is 12.8. The highest BCUT2D eigenvalue weighted by Crippen LogP contribution is 2.18. The highest BCUT2D eigenvalue weighted by atomic mass is 32.1. The van der Waals surface area contributed by atoms with Crippen LogP contribution in [0.25, 0.3) is 0 Å². The van der Waals surface area contributed by atoms with Crippen LogP contribution in [0.5, 0.6) is 5.75 Å². The summed E-state index contributed by atoms with van der Waals surface area (Å²) in [6.07, 6.45) is 2.15. The van der Waals surface area contributed by atoms with Crippen molar-refractivity contribution in [2.45, 2.75) is 26.4 Å². The molecule has 2 N–H and O–H groups in total. The largest absolute Gasteiger partial charge is 0.489 e. The monoisotopic (exact) mass is 303 g/mol. The highest BCUT2D eigenvalue weighted by molar-refractivity contribution is 7.80. The van der Waals surface area contributed by atoms with E-state index in [9.17, 15) is 4.39 Å². The van der Waals surface area contributed by atoms with Crippen molar-refractivity contribution >= 4 is 17.2 Å². The van der Waals surface area contributed by atoms with E-state index in [1.165, 1.54) is 5.56 Å². The van der Waals surface area contributed by atoms with Crippen molar-refractivity contribution in [1.82, 2.24) is 0 Å². The molecule has 2 nitrogen and oxygen atoms in total. The molecule has 0 heterocycles. The van der Waals surface area contributed by atoms with E-state index in [0.29, 0.717) is 5.56 Å². The summed E-state index contributed by atoms with van der Waals surface area (Å²) in [4.78, 5) is 0.0540. The zero-order chi connectivity index (χ0) is 15.2. The molecular formula is C17H18FNOS. The first-order chi connectivity index (χ1) is 10.1. The minimum Gasteiger partial charge on any atom is -0.489 e. The van der Waals surface area contributed by atoms with Gasteiger partial charge < -0.3 is 10.5 Å². The normalized spacial score (nSPS) is 10.4. The van der Waals surface area contributed by atoms with Crippen molar-refractivity contribution < 1.29 is 9.13 Å². The van der Waals surface area contributed by atoms with Crippen LogP contribution in [-0.4, -0.2) is 4.99 Å². The molecule has 110 valence electrons. The first-order valence-corrected chi connectivity index (χ1v) is 7.31. The summed E-state index contributed by atoms with van der Waals surface area (Å²) in [6.45, 7) is 2.29. The molecule has 0 bridgehead atoms. The Hall–Kier alpha value is -1.94. The fourth-order valence-corrected chi connectivity index (χ4v) is 2.24. The van der Waals surface area contributed by atoms with Gasteiger partial charge in [-0.05, 0) is 30.2 Å². The summed E-state index contributed by atoms with van der Waals surface area (Å²) in [6, 6.07) is 12.8. The van der Waals surface area contributed by atoms with E-state index in [1.54, 1.807) is 18.2 Å². The Kier molecular flexibility index (Phi) is 5.28. The molecule has 2 aromatic rings. The SMILES string of the molecule is CCCc1ccc(OCc2cccc(C(N)=S)c2F)cc1. The number of ether oxygens (including phenoxy) is 1. The van der Waals surface area contributed by atoms with E-state index in [2.05, 4.69) is 6.92 Å². The third kappa shape index (κ3) is 4.02. The van der Waals surface area contributed by atoms with Crippen LogP contribution in [0.1, 0.15) is 30.0 Å². The second-order valence-corrected chi connectivity index (χ2v) is 5.27. The lowest BCUT2D eigenvalue weighted by molar-refractivity contribution is 0.299. The number of aryl methyl sites for hydroxylation is 1. The predicted octanol–water partition coefficient (Wildman–Crippen LogP) is 3.99. The van der Waals surface area contributed by atoms with Crippen molar-refractivity contribution in [3.63, 3.8) is 0 Å². The van der Waals surface area contributed by atoms with E-state index >= 15 is 0 Å². The van der Waals surface area contributed by atoms with Gasteiger partial charge in [-0.1, -0.05) is 49.8 Å². The lowest BCUT2D eigenvalue weighted by Crippen LogP contribution is -2.13. The molecule has 0 aliphatic carbocycles. The second kappa shape index (κ2) is 7.18. The van der Waals surface area contributed by atoms with Crippen molar-refractivity contribution in [2.75, 3.05) is 0 Å². The maximum atomic E-state index is 14.1. The standard InChI is InChI=1S/C17H18FNOS/c1-2-4-12-7-9-14(10-8-12)20-11-13-5-3-6-15(16(13)18)17(19)21/h3,5-10H,2,4,11H2,1H3,(H2,19,21). The molecule has 0 aliphatic rings. The van der Waals surface area contributed by atoms with Gasteiger partial charge in [-0.15, -0.1) is 0 Å². The number of benzene rings is 2. The summed E-state index contributed by atoms with van der Waals surface area (Å²) in [7, 11) is 0. The van der Waals surface area contributed by atoms with Crippen LogP contribution in [0.4, 0.5) is 4.39 Å². The molecule has 0 fully saturated rings. The van der Waals surface area contributed by atoms with Crippen molar-refractivity contribution in [3.8, 4) is 5.75 Å². The predicted molar refractivity (Wildman–Crippen MR) is 87.1 cm³/mol. The van der Waals surface area contributed by atoms with E-state index in [-0.39, 0.29) is 17.2 Å². The van der Waals surface area contributed by atoms with Gasteiger partial charge in [0, 0.05) is 11.1 Å². The topological polar surface area (TPSA) is 35.2 Å². The molecule has 0 atom stereocenters. The van der Waals surface area contributed by atoms with Gasteiger partial charge in [0.25, 0.3) is 0 Å². The van der Waals surface area contributed by atoms with Crippen LogP contribution in [0, 0.1) is 5.82 Å². The van der Waals surface area contributed by atoms with Gasteiger partial charge in [0.1, 0.15) is 23.2 Å². The smallest absolute Gasteiger partial charge is 0.139 e. The fraction of sp³-hybridized carbons (Fsp3) is 0.235. The summed E-state index contributed by atoms with van der Waals surface area (Å²) < 4.78 is 19.8. The fourth-order valence-electron chi connectivity index (χ4n) is 2.08. The Labute approximate surface area is 129 Å². The van der Waals surface area contributed by atoms with Crippen molar-refractivity contribution in [2.24, 2.45) is 5.73 Å². The summed E-state index contributed by atoms with van der Waals surface area (Å²) in [5.74, 6) is 0.308. The van der Waals surface area contributed by atoms with Gasteiger partial charge in [0.2, 0.25) is 0 Å². The maximum absolute atomic E-state index is 14.1. The van der Waals surface area contributed by atoms with Gasteiger partial charge in [0.05, 0.1) is 0 Å². The third-order valence-electron chi connectivity index (χ3n) is 3.20. The molecule has 21 heavy (non-hydrogen) atoms. The van der Waals surface area contributed by atoms with Gasteiger partial charge >= 0.3 is 0 Å². The van der Waals surface area contributed by atoms with Gasteiger partial charge in [0.15, 0.2) is 0 Å². The molecular weight excluding hydrogens is 285 g/mol. The number of rotatable bonds is 6. The number of halogens is 1. The zero-order valence-electron chi connectivity index (χ0n) is 11.9. The molecule has 0 saturated heterocycles. The molecule has 0 radical (unpaired) electrons. The Morgan fingerprint density at radius 3 is 2.52 bits per heavy atom. The number of thiocarbonyl (C=S) groups is 1. The Balaban J connectivity index is 2.06. The average molecular weight is 303 g/mol. The van der Waals surface area contributed by atoms with Gasteiger partial charge in [-0.3, -0.25) is 0 Å². The van der Waals surface area contributed by atoms with Crippen LogP contribution < -0.4 is 10.5 Å². The summed E-state index contributed by atoms with van der Waals surface area (Å²) in [5, 5.41) is 0. The minimum absolute atomic E-state index is 0.0540. The quantitative estimate of drug-likeness (QED) is 0.820. The maximum Gasteiger partial charge on any atom is 0.139 e. The number of nitrogens with two attached hydrogens (primary N) is 1. The van der Waals surface area contributed by atoms with E-state index in [4.69, 9.17) is 22.7 Å². The van der Waals surface area contributed by atoms with Crippen LogP contribution in [0.15, 0.2) is 42.5 Å². The lowest BCUT2D eigenvalue weighted by Gasteiger charge is -2.10. The van der Waals surface area contributed by atoms with E-state index < -0.39 is 5.82 Å². The minimum atomic E-state index is -0.410. The first kappa shape index (κ1) is 15.4. The molecule has 0 unspecified atom stereocenters. The van der Waals surface area contributed by atoms with Gasteiger partial charge in [-0.2, -0.15) is 0 Å².